The van der Waals surface area contributed by atoms with E-state index in [-0.39, 0.29) is 12.3 Å². The van der Waals surface area contributed by atoms with Gasteiger partial charge in [0.15, 0.2) is 6.61 Å². The molecule has 0 fully saturated rings. The summed E-state index contributed by atoms with van der Waals surface area (Å²) in [5, 5.41) is 3.86. The molecule has 172 valence electrons. The number of rotatable bonds is 10. The number of methoxy groups -OCH3 is 2. The number of hydrogen-bond donors (Lipinski definition) is 1. The highest BCUT2D eigenvalue weighted by atomic mass is 32.2. The van der Waals surface area contributed by atoms with E-state index in [0.29, 0.717) is 17.1 Å². The molecule has 0 heterocycles. The van der Waals surface area contributed by atoms with Crippen molar-refractivity contribution < 1.29 is 32.2 Å². The summed E-state index contributed by atoms with van der Waals surface area (Å²) in [5.74, 6) is -0.336. The van der Waals surface area contributed by atoms with Crippen molar-refractivity contribution in [2.24, 2.45) is 5.10 Å². The predicted molar refractivity (Wildman–Crippen MR) is 120 cm³/mol. The molecule has 11 heteroatoms. The Morgan fingerprint density at radius 3 is 2.41 bits per heavy atom. The summed E-state index contributed by atoms with van der Waals surface area (Å²) in [6.45, 7) is 1.12. The molecule has 0 aromatic heterocycles. The standard InChI is InChI=1S/C21H25N3O7S/c1-15-5-10-19(29-2)18(11-15)24(32(4,27)28)13-20(25)23-22-12-16-6-8-17(9-7-16)31-14-21(26)30-3/h5-12H,13-14H2,1-4H3,(H,23,25)/b22-12-. The molecule has 0 atom stereocenters. The van der Waals surface area contributed by atoms with E-state index in [4.69, 9.17) is 9.47 Å². The second-order valence-corrected chi connectivity index (χ2v) is 8.58. The second kappa shape index (κ2) is 11.1. The average Bonchev–Trinajstić information content (AvgIpc) is 2.75. The summed E-state index contributed by atoms with van der Waals surface area (Å²) in [6.07, 6.45) is 2.40. The molecule has 0 aliphatic carbocycles. The minimum atomic E-state index is -3.76. The Labute approximate surface area is 186 Å². The van der Waals surface area contributed by atoms with Crippen molar-refractivity contribution in [3.05, 3.63) is 53.6 Å². The van der Waals surface area contributed by atoms with Gasteiger partial charge < -0.3 is 14.2 Å². The van der Waals surface area contributed by atoms with Crippen molar-refractivity contribution in [3.8, 4) is 11.5 Å². The molecule has 10 nitrogen and oxygen atoms in total. The van der Waals surface area contributed by atoms with Gasteiger partial charge in [-0.3, -0.25) is 9.10 Å². The van der Waals surface area contributed by atoms with Crippen LogP contribution in [0.4, 0.5) is 5.69 Å². The van der Waals surface area contributed by atoms with Crippen LogP contribution in [0.25, 0.3) is 0 Å². The van der Waals surface area contributed by atoms with Crippen LogP contribution in [0.1, 0.15) is 11.1 Å². The number of carbonyl (C=O) groups is 2. The Bertz CT molecular complexity index is 1080. The van der Waals surface area contributed by atoms with Crippen LogP contribution in [0, 0.1) is 6.92 Å². The van der Waals surface area contributed by atoms with Crippen molar-refractivity contribution >= 4 is 33.8 Å². The zero-order valence-corrected chi connectivity index (χ0v) is 19.0. The van der Waals surface area contributed by atoms with Crippen LogP contribution >= 0.6 is 0 Å². The topological polar surface area (TPSA) is 124 Å². The lowest BCUT2D eigenvalue weighted by molar-refractivity contribution is -0.142. The Balaban J connectivity index is 2.03. The molecule has 0 unspecified atom stereocenters. The van der Waals surface area contributed by atoms with Gasteiger partial charge in [-0.2, -0.15) is 5.10 Å². The number of benzene rings is 2. The van der Waals surface area contributed by atoms with Crippen LogP contribution in [0.3, 0.4) is 0 Å². The lowest BCUT2D eigenvalue weighted by Crippen LogP contribution is -2.39. The highest BCUT2D eigenvalue weighted by Crippen LogP contribution is 2.30. The molecule has 2 rings (SSSR count). The van der Waals surface area contributed by atoms with Crippen LogP contribution in [-0.2, 0) is 24.3 Å². The first-order valence-corrected chi connectivity index (χ1v) is 11.2. The largest absolute Gasteiger partial charge is 0.495 e. The molecule has 2 aromatic carbocycles. The fourth-order valence-corrected chi connectivity index (χ4v) is 3.42. The number of nitrogens with one attached hydrogen (secondary N) is 1. The van der Waals surface area contributed by atoms with Crippen LogP contribution in [0.5, 0.6) is 11.5 Å². The predicted octanol–water partition coefficient (Wildman–Crippen LogP) is 1.47. The number of hydrazone groups is 1. The monoisotopic (exact) mass is 463 g/mol. The fraction of sp³-hybridized carbons (Fsp3) is 0.286. The summed E-state index contributed by atoms with van der Waals surface area (Å²) in [7, 11) is -1.07. The zero-order valence-electron chi connectivity index (χ0n) is 18.2. The van der Waals surface area contributed by atoms with E-state index >= 15 is 0 Å². The van der Waals surface area contributed by atoms with Crippen LogP contribution in [0.15, 0.2) is 47.6 Å². The Kier molecular flexibility index (Phi) is 8.59. The number of amides is 1. The summed E-state index contributed by atoms with van der Waals surface area (Å²) in [4.78, 5) is 23.4. The van der Waals surface area contributed by atoms with Gasteiger partial charge in [0.2, 0.25) is 10.0 Å². The summed E-state index contributed by atoms with van der Waals surface area (Å²) >= 11 is 0. The van der Waals surface area contributed by atoms with Gasteiger partial charge in [0.25, 0.3) is 5.91 Å². The average molecular weight is 464 g/mol. The maximum Gasteiger partial charge on any atom is 0.343 e. The molecular weight excluding hydrogens is 438 g/mol. The molecule has 2 aromatic rings. The second-order valence-electron chi connectivity index (χ2n) is 6.67. The molecule has 0 aliphatic heterocycles. The Morgan fingerprint density at radius 2 is 1.81 bits per heavy atom. The molecule has 0 saturated carbocycles. The third-order valence-electron chi connectivity index (χ3n) is 4.16. The molecule has 0 saturated heterocycles. The fourth-order valence-electron chi connectivity index (χ4n) is 2.57. The van der Waals surface area contributed by atoms with Gasteiger partial charge in [-0.1, -0.05) is 6.07 Å². The van der Waals surface area contributed by atoms with E-state index < -0.39 is 28.4 Å². The molecule has 0 spiro atoms. The number of carbonyl (C=O) groups excluding carboxylic acids is 2. The number of esters is 1. The molecule has 1 amide bonds. The third kappa shape index (κ3) is 7.27. The van der Waals surface area contributed by atoms with E-state index in [9.17, 15) is 18.0 Å². The van der Waals surface area contributed by atoms with E-state index in [2.05, 4.69) is 15.3 Å². The Morgan fingerprint density at radius 1 is 1.12 bits per heavy atom. The quantitative estimate of drug-likeness (QED) is 0.321. The van der Waals surface area contributed by atoms with Gasteiger partial charge in [-0.25, -0.2) is 18.6 Å². The van der Waals surface area contributed by atoms with Crippen LogP contribution in [0.2, 0.25) is 0 Å². The number of sulfonamides is 1. The van der Waals surface area contributed by atoms with Crippen molar-refractivity contribution in [1.29, 1.82) is 0 Å². The Hall–Kier alpha value is -3.60. The molecule has 0 aliphatic rings. The minimum absolute atomic E-state index is 0.206. The van der Waals surface area contributed by atoms with Gasteiger partial charge in [-0.15, -0.1) is 0 Å². The van der Waals surface area contributed by atoms with Gasteiger partial charge in [0.05, 0.1) is 32.4 Å². The minimum Gasteiger partial charge on any atom is -0.495 e. The van der Waals surface area contributed by atoms with E-state index in [1.807, 2.05) is 0 Å². The lowest BCUT2D eigenvalue weighted by atomic mass is 10.2. The first kappa shape index (κ1) is 24.7. The van der Waals surface area contributed by atoms with E-state index in [0.717, 1.165) is 16.1 Å². The number of anilines is 1. The molecular formula is C21H25N3O7S. The summed E-state index contributed by atoms with van der Waals surface area (Å²) < 4.78 is 40.5. The molecule has 32 heavy (non-hydrogen) atoms. The number of hydrogen-bond acceptors (Lipinski definition) is 8. The molecule has 1 N–H and O–H groups in total. The van der Waals surface area contributed by atoms with Crippen molar-refractivity contribution in [2.75, 3.05) is 37.9 Å². The molecule has 0 radical (unpaired) electrons. The smallest absolute Gasteiger partial charge is 0.343 e. The van der Waals surface area contributed by atoms with Gasteiger partial charge >= 0.3 is 5.97 Å². The summed E-state index contributed by atoms with van der Waals surface area (Å²) in [6, 6.07) is 11.6. The summed E-state index contributed by atoms with van der Waals surface area (Å²) in [5.41, 5.74) is 4.03. The normalized spacial score (nSPS) is 11.1. The van der Waals surface area contributed by atoms with Crippen LogP contribution < -0.4 is 19.2 Å². The van der Waals surface area contributed by atoms with Gasteiger partial charge in [0, 0.05) is 0 Å². The molecule has 0 bridgehead atoms. The highest BCUT2D eigenvalue weighted by molar-refractivity contribution is 7.92. The third-order valence-corrected chi connectivity index (χ3v) is 5.28. The lowest BCUT2D eigenvalue weighted by Gasteiger charge is -2.23. The zero-order chi connectivity index (χ0) is 23.7. The van der Waals surface area contributed by atoms with Crippen molar-refractivity contribution in [2.45, 2.75) is 6.92 Å². The maximum absolute atomic E-state index is 12.3. The number of ether oxygens (including phenoxy) is 3. The first-order chi connectivity index (χ1) is 15.1. The van der Waals surface area contributed by atoms with Gasteiger partial charge in [0.1, 0.15) is 18.0 Å². The van der Waals surface area contributed by atoms with Gasteiger partial charge in [-0.05, 0) is 54.4 Å². The number of aryl methyl sites for hydroxylation is 1. The van der Waals surface area contributed by atoms with E-state index in [1.165, 1.54) is 20.4 Å². The van der Waals surface area contributed by atoms with E-state index in [1.54, 1.807) is 49.4 Å². The van der Waals surface area contributed by atoms with Crippen molar-refractivity contribution in [3.63, 3.8) is 0 Å². The maximum atomic E-state index is 12.3. The SMILES string of the molecule is COC(=O)COc1ccc(/C=N\NC(=O)CN(c2cc(C)ccc2OC)S(C)(=O)=O)cc1. The number of nitrogens with zero attached hydrogens (tertiary/aromatic N) is 2. The first-order valence-electron chi connectivity index (χ1n) is 9.38. The van der Waals surface area contributed by atoms with Crippen LogP contribution in [-0.4, -0.2) is 60.1 Å². The van der Waals surface area contributed by atoms with Crippen molar-refractivity contribution in [1.82, 2.24) is 5.43 Å². The highest BCUT2D eigenvalue weighted by Gasteiger charge is 2.24.